The number of nitrogens with zero attached hydrogens (tertiary/aromatic N) is 2. The highest BCUT2D eigenvalue weighted by Crippen LogP contribution is 2.14. The molecule has 1 atom stereocenters. The van der Waals surface area contributed by atoms with E-state index in [2.05, 4.69) is 16.9 Å². The molecule has 4 nitrogen and oxygen atoms in total. The Kier molecular flexibility index (Phi) is 7.02. The summed E-state index contributed by atoms with van der Waals surface area (Å²) in [6.07, 6.45) is 5.46. The van der Waals surface area contributed by atoms with Gasteiger partial charge in [0.2, 0.25) is 0 Å². The fraction of sp³-hybridized carbons (Fsp3) is 0.300. The molecule has 0 aliphatic rings. The first-order valence-electron chi connectivity index (χ1n) is 8.22. The van der Waals surface area contributed by atoms with Gasteiger partial charge >= 0.3 is 0 Å². The molecule has 0 radical (unpaired) electrons. The van der Waals surface area contributed by atoms with Crippen molar-refractivity contribution in [2.45, 2.75) is 19.8 Å². The number of aliphatic imine (C=N–C) groups is 2. The highest BCUT2D eigenvalue weighted by atomic mass is 16.3. The molecule has 0 saturated carbocycles. The molecule has 0 heterocycles. The van der Waals surface area contributed by atoms with Crippen molar-refractivity contribution < 1.29 is 10.2 Å². The van der Waals surface area contributed by atoms with Crippen LogP contribution in [-0.2, 0) is 0 Å². The van der Waals surface area contributed by atoms with Gasteiger partial charge in [0, 0.05) is 36.6 Å². The standard InChI is InChI=1S/C20H24N2O2/c1-16(13-22-15-18-9-3-5-11-20(18)24)7-6-12-21-14-17-8-2-4-10-19(17)23/h2-5,8-11,14-16,23-24H,6-7,12-13H2,1H3. The third-order valence-corrected chi connectivity index (χ3v) is 3.74. The molecule has 4 heteroatoms. The molecule has 2 rings (SSSR count). The molecule has 0 bridgehead atoms. The largest absolute Gasteiger partial charge is 0.507 e. The summed E-state index contributed by atoms with van der Waals surface area (Å²) in [5.74, 6) is 0.980. The molecule has 0 aromatic heterocycles. The van der Waals surface area contributed by atoms with Gasteiger partial charge in [0.25, 0.3) is 0 Å². The zero-order chi connectivity index (χ0) is 17.2. The summed E-state index contributed by atoms with van der Waals surface area (Å²) in [5.41, 5.74) is 1.50. The highest BCUT2D eigenvalue weighted by molar-refractivity contribution is 5.83. The van der Waals surface area contributed by atoms with Crippen molar-refractivity contribution in [3.05, 3.63) is 59.7 Å². The van der Waals surface area contributed by atoms with Crippen LogP contribution in [0.1, 0.15) is 30.9 Å². The lowest BCUT2D eigenvalue weighted by atomic mass is 10.1. The van der Waals surface area contributed by atoms with Crippen LogP contribution in [0.5, 0.6) is 11.5 Å². The summed E-state index contributed by atoms with van der Waals surface area (Å²) in [6.45, 7) is 3.63. The Bertz CT molecular complexity index is 696. The van der Waals surface area contributed by atoms with Gasteiger partial charge in [0.15, 0.2) is 0 Å². The van der Waals surface area contributed by atoms with Crippen LogP contribution in [0.25, 0.3) is 0 Å². The number of aromatic hydroxyl groups is 2. The van der Waals surface area contributed by atoms with Crippen LogP contribution < -0.4 is 0 Å². The highest BCUT2D eigenvalue weighted by Gasteiger charge is 2.01. The Morgan fingerprint density at radius 3 is 2.00 bits per heavy atom. The van der Waals surface area contributed by atoms with E-state index in [1.54, 1.807) is 36.7 Å². The van der Waals surface area contributed by atoms with Gasteiger partial charge in [-0.15, -0.1) is 0 Å². The molecule has 0 aliphatic carbocycles. The van der Waals surface area contributed by atoms with Gasteiger partial charge in [-0.2, -0.15) is 0 Å². The predicted octanol–water partition coefficient (Wildman–Crippen LogP) is 4.05. The van der Waals surface area contributed by atoms with E-state index in [4.69, 9.17) is 0 Å². The van der Waals surface area contributed by atoms with E-state index in [1.807, 2.05) is 24.3 Å². The number of hydrogen-bond acceptors (Lipinski definition) is 4. The minimum Gasteiger partial charge on any atom is -0.507 e. The summed E-state index contributed by atoms with van der Waals surface area (Å²) in [6, 6.07) is 14.4. The summed E-state index contributed by atoms with van der Waals surface area (Å²) >= 11 is 0. The average molecular weight is 324 g/mol. The van der Waals surface area contributed by atoms with E-state index in [1.165, 1.54) is 0 Å². The SMILES string of the molecule is CC(CCCN=Cc1ccccc1O)CN=Cc1ccccc1O. The maximum atomic E-state index is 9.66. The normalized spacial score (nSPS) is 12.9. The van der Waals surface area contributed by atoms with E-state index < -0.39 is 0 Å². The Morgan fingerprint density at radius 1 is 0.875 bits per heavy atom. The van der Waals surface area contributed by atoms with Crippen LogP contribution in [0.4, 0.5) is 0 Å². The topological polar surface area (TPSA) is 65.2 Å². The maximum absolute atomic E-state index is 9.66. The summed E-state index contributed by atoms with van der Waals surface area (Å²) < 4.78 is 0. The molecule has 0 aliphatic heterocycles. The molecule has 2 aromatic rings. The third-order valence-electron chi connectivity index (χ3n) is 3.74. The van der Waals surface area contributed by atoms with E-state index in [9.17, 15) is 10.2 Å². The zero-order valence-corrected chi connectivity index (χ0v) is 14.0. The second kappa shape index (κ2) is 9.50. The Labute approximate surface area is 143 Å². The van der Waals surface area contributed by atoms with Crippen molar-refractivity contribution in [1.29, 1.82) is 0 Å². The van der Waals surface area contributed by atoms with Crippen molar-refractivity contribution in [2.75, 3.05) is 13.1 Å². The van der Waals surface area contributed by atoms with Crippen molar-refractivity contribution in [2.24, 2.45) is 15.9 Å². The lowest BCUT2D eigenvalue weighted by molar-refractivity contribution is 0.474. The van der Waals surface area contributed by atoms with Gasteiger partial charge in [-0.05, 0) is 43.0 Å². The van der Waals surface area contributed by atoms with Crippen molar-refractivity contribution in [3.8, 4) is 11.5 Å². The van der Waals surface area contributed by atoms with Gasteiger partial charge in [-0.3, -0.25) is 9.98 Å². The number of hydrogen-bond donors (Lipinski definition) is 2. The third kappa shape index (κ3) is 5.88. The Balaban J connectivity index is 1.67. The van der Waals surface area contributed by atoms with Gasteiger partial charge in [-0.25, -0.2) is 0 Å². The van der Waals surface area contributed by atoms with Crippen LogP contribution in [0, 0.1) is 5.92 Å². The van der Waals surface area contributed by atoms with E-state index in [0.717, 1.165) is 37.1 Å². The van der Waals surface area contributed by atoms with Crippen molar-refractivity contribution in [1.82, 2.24) is 0 Å². The van der Waals surface area contributed by atoms with E-state index in [0.29, 0.717) is 5.92 Å². The second-order valence-corrected chi connectivity index (χ2v) is 5.89. The minimum atomic E-state index is 0.257. The van der Waals surface area contributed by atoms with E-state index in [-0.39, 0.29) is 11.5 Å². The fourth-order valence-corrected chi connectivity index (χ4v) is 2.31. The molecule has 0 fully saturated rings. The molecule has 2 aromatic carbocycles. The molecular formula is C20H24N2O2. The first-order valence-corrected chi connectivity index (χ1v) is 8.22. The van der Waals surface area contributed by atoms with Crippen molar-refractivity contribution in [3.63, 3.8) is 0 Å². The molecule has 2 N–H and O–H groups in total. The molecule has 126 valence electrons. The number of benzene rings is 2. The van der Waals surface area contributed by atoms with Crippen LogP contribution in [0.15, 0.2) is 58.5 Å². The number of para-hydroxylation sites is 2. The minimum absolute atomic E-state index is 0.257. The van der Waals surface area contributed by atoms with Crippen LogP contribution in [0.3, 0.4) is 0 Å². The molecule has 1 unspecified atom stereocenters. The van der Waals surface area contributed by atoms with Crippen molar-refractivity contribution >= 4 is 12.4 Å². The summed E-state index contributed by atoms with van der Waals surface area (Å²) in [7, 11) is 0. The Morgan fingerprint density at radius 2 is 1.42 bits per heavy atom. The number of phenolic OH excluding ortho intramolecular Hbond substituents is 2. The molecule has 0 amide bonds. The quantitative estimate of drug-likeness (QED) is 0.568. The number of rotatable bonds is 8. The predicted molar refractivity (Wildman–Crippen MR) is 99.5 cm³/mol. The van der Waals surface area contributed by atoms with Crippen LogP contribution >= 0.6 is 0 Å². The number of phenols is 2. The summed E-state index contributed by atoms with van der Waals surface area (Å²) in [5, 5.41) is 19.3. The smallest absolute Gasteiger partial charge is 0.124 e. The average Bonchev–Trinajstić information content (AvgIpc) is 2.58. The van der Waals surface area contributed by atoms with Gasteiger partial charge < -0.3 is 10.2 Å². The Hall–Kier alpha value is -2.62. The van der Waals surface area contributed by atoms with Gasteiger partial charge in [0.05, 0.1) is 0 Å². The first kappa shape index (κ1) is 17.7. The molecule has 0 saturated heterocycles. The van der Waals surface area contributed by atoms with E-state index >= 15 is 0 Å². The van der Waals surface area contributed by atoms with Gasteiger partial charge in [0.1, 0.15) is 11.5 Å². The fourth-order valence-electron chi connectivity index (χ4n) is 2.31. The summed E-state index contributed by atoms with van der Waals surface area (Å²) in [4.78, 5) is 8.76. The van der Waals surface area contributed by atoms with Crippen LogP contribution in [-0.4, -0.2) is 35.7 Å². The molecule has 24 heavy (non-hydrogen) atoms. The maximum Gasteiger partial charge on any atom is 0.124 e. The molecule has 0 spiro atoms. The lowest BCUT2D eigenvalue weighted by Gasteiger charge is -2.06. The van der Waals surface area contributed by atoms with Gasteiger partial charge in [-0.1, -0.05) is 31.2 Å². The van der Waals surface area contributed by atoms with Crippen LogP contribution in [0.2, 0.25) is 0 Å². The zero-order valence-electron chi connectivity index (χ0n) is 14.0. The monoisotopic (exact) mass is 324 g/mol. The first-order chi connectivity index (χ1) is 11.7. The molecular weight excluding hydrogens is 300 g/mol. The second-order valence-electron chi connectivity index (χ2n) is 5.89. The lowest BCUT2D eigenvalue weighted by Crippen LogP contribution is -2.01.